The molecule has 0 radical (unpaired) electrons. The molecule has 0 aliphatic carbocycles. The third kappa shape index (κ3) is 2.64. The van der Waals surface area contributed by atoms with Crippen LogP contribution in [0.25, 0.3) is 0 Å². The molecule has 94 valence electrons. The van der Waals surface area contributed by atoms with Gasteiger partial charge in [0.05, 0.1) is 6.04 Å². The molecule has 1 atom stereocenters. The summed E-state index contributed by atoms with van der Waals surface area (Å²) in [5.74, 6) is 3.62. The van der Waals surface area contributed by atoms with E-state index in [0.29, 0.717) is 16.3 Å². The topological polar surface area (TPSA) is 50.9 Å². The lowest BCUT2D eigenvalue weighted by Crippen LogP contribution is -2.29. The molecule has 0 aliphatic heterocycles. The Labute approximate surface area is 108 Å². The first-order valence-corrected chi connectivity index (χ1v) is 5.52. The van der Waals surface area contributed by atoms with Crippen LogP contribution >= 0.6 is 11.6 Å². The molecule has 2 aromatic rings. The number of rotatable bonds is 3. The summed E-state index contributed by atoms with van der Waals surface area (Å²) >= 11 is 5.68. The fraction of sp³-hybridized carbons (Fsp3) is 0.0833. The molecule has 3 nitrogen and oxygen atoms in total. The van der Waals surface area contributed by atoms with Gasteiger partial charge in [0.1, 0.15) is 5.15 Å². The summed E-state index contributed by atoms with van der Waals surface area (Å²) < 4.78 is 26.0. The molecule has 3 N–H and O–H groups in total. The van der Waals surface area contributed by atoms with E-state index in [0.717, 1.165) is 12.1 Å². The summed E-state index contributed by atoms with van der Waals surface area (Å²) in [6.07, 6.45) is 1.52. The van der Waals surface area contributed by atoms with Crippen LogP contribution in [0, 0.1) is 11.6 Å². The lowest BCUT2D eigenvalue weighted by atomic mass is 10.0. The fourth-order valence-electron chi connectivity index (χ4n) is 1.63. The predicted octanol–water partition coefficient (Wildman–Crippen LogP) is 2.57. The highest BCUT2D eigenvalue weighted by Gasteiger charge is 2.14. The molecule has 0 amide bonds. The van der Waals surface area contributed by atoms with E-state index in [1.165, 1.54) is 12.3 Å². The van der Waals surface area contributed by atoms with Crippen molar-refractivity contribution in [1.82, 2.24) is 10.4 Å². The van der Waals surface area contributed by atoms with Crippen molar-refractivity contribution in [3.8, 4) is 0 Å². The average molecular weight is 270 g/mol. The first-order chi connectivity index (χ1) is 8.61. The van der Waals surface area contributed by atoms with Crippen LogP contribution < -0.4 is 11.3 Å². The smallest absolute Gasteiger partial charge is 0.159 e. The summed E-state index contributed by atoms with van der Waals surface area (Å²) in [7, 11) is 0. The maximum absolute atomic E-state index is 13.2. The van der Waals surface area contributed by atoms with Gasteiger partial charge in [0.2, 0.25) is 0 Å². The highest BCUT2D eigenvalue weighted by Crippen LogP contribution is 2.23. The summed E-state index contributed by atoms with van der Waals surface area (Å²) in [4.78, 5) is 3.92. The number of hydrogen-bond acceptors (Lipinski definition) is 3. The number of hydrazine groups is 1. The molecule has 0 saturated carbocycles. The SMILES string of the molecule is NNC(c1ccc(Cl)nc1)c1ccc(F)c(F)c1. The zero-order chi connectivity index (χ0) is 13.1. The number of nitrogens with one attached hydrogen (secondary N) is 1. The third-order valence-corrected chi connectivity index (χ3v) is 2.75. The molecule has 0 spiro atoms. The van der Waals surface area contributed by atoms with E-state index < -0.39 is 17.7 Å². The largest absolute Gasteiger partial charge is 0.271 e. The van der Waals surface area contributed by atoms with Gasteiger partial charge in [-0.15, -0.1) is 0 Å². The molecule has 1 heterocycles. The van der Waals surface area contributed by atoms with Crippen LogP contribution in [0.15, 0.2) is 36.5 Å². The van der Waals surface area contributed by atoms with Crippen LogP contribution in [0.5, 0.6) is 0 Å². The lowest BCUT2D eigenvalue weighted by molar-refractivity contribution is 0.504. The minimum atomic E-state index is -0.922. The molecule has 18 heavy (non-hydrogen) atoms. The van der Waals surface area contributed by atoms with Crippen molar-refractivity contribution in [2.45, 2.75) is 6.04 Å². The average Bonchev–Trinajstić information content (AvgIpc) is 2.37. The van der Waals surface area contributed by atoms with Gasteiger partial charge in [0, 0.05) is 6.20 Å². The van der Waals surface area contributed by atoms with Gasteiger partial charge >= 0.3 is 0 Å². The number of nitrogens with zero attached hydrogens (tertiary/aromatic N) is 1. The van der Waals surface area contributed by atoms with Crippen LogP contribution in [0.3, 0.4) is 0 Å². The Bertz CT molecular complexity index is 546. The zero-order valence-corrected chi connectivity index (χ0v) is 9.96. The number of benzene rings is 1. The van der Waals surface area contributed by atoms with Gasteiger partial charge in [-0.2, -0.15) is 0 Å². The number of nitrogens with two attached hydrogens (primary N) is 1. The van der Waals surface area contributed by atoms with E-state index in [4.69, 9.17) is 17.4 Å². The first-order valence-electron chi connectivity index (χ1n) is 5.14. The zero-order valence-electron chi connectivity index (χ0n) is 9.20. The molecule has 2 rings (SSSR count). The van der Waals surface area contributed by atoms with Gasteiger partial charge in [-0.25, -0.2) is 19.2 Å². The van der Waals surface area contributed by atoms with E-state index in [1.807, 2.05) is 0 Å². The van der Waals surface area contributed by atoms with E-state index in [2.05, 4.69) is 10.4 Å². The van der Waals surface area contributed by atoms with Crippen LogP contribution in [0.1, 0.15) is 17.2 Å². The summed E-state index contributed by atoms with van der Waals surface area (Å²) in [6.45, 7) is 0. The monoisotopic (exact) mass is 269 g/mol. The number of halogens is 3. The number of aromatic nitrogens is 1. The highest BCUT2D eigenvalue weighted by atomic mass is 35.5. The Kier molecular flexibility index (Phi) is 3.86. The standard InChI is InChI=1S/C12H10ClF2N3/c13-11-4-2-8(6-17-11)12(18-16)7-1-3-9(14)10(15)5-7/h1-6,12,18H,16H2. The van der Waals surface area contributed by atoms with E-state index in [1.54, 1.807) is 12.1 Å². The van der Waals surface area contributed by atoms with Gasteiger partial charge in [0.15, 0.2) is 11.6 Å². The summed E-state index contributed by atoms with van der Waals surface area (Å²) in [5, 5.41) is 0.347. The van der Waals surface area contributed by atoms with Gasteiger partial charge in [-0.3, -0.25) is 5.84 Å². The van der Waals surface area contributed by atoms with Crippen molar-refractivity contribution in [2.75, 3.05) is 0 Å². The van der Waals surface area contributed by atoms with Gasteiger partial charge < -0.3 is 0 Å². The Morgan fingerprint density at radius 1 is 1.11 bits per heavy atom. The van der Waals surface area contributed by atoms with Crippen LogP contribution in [0.4, 0.5) is 8.78 Å². The van der Waals surface area contributed by atoms with Crippen molar-refractivity contribution < 1.29 is 8.78 Å². The molecule has 0 fully saturated rings. The molecule has 1 aromatic heterocycles. The Morgan fingerprint density at radius 2 is 1.83 bits per heavy atom. The van der Waals surface area contributed by atoms with E-state index >= 15 is 0 Å². The maximum atomic E-state index is 13.2. The first kappa shape index (κ1) is 12.9. The molecule has 1 unspecified atom stereocenters. The summed E-state index contributed by atoms with van der Waals surface area (Å²) in [5.41, 5.74) is 3.73. The van der Waals surface area contributed by atoms with E-state index in [9.17, 15) is 8.78 Å². The van der Waals surface area contributed by atoms with Crippen LogP contribution in [0.2, 0.25) is 5.15 Å². The predicted molar refractivity (Wildman–Crippen MR) is 64.8 cm³/mol. The Hall–Kier alpha value is -1.56. The Morgan fingerprint density at radius 3 is 2.39 bits per heavy atom. The second kappa shape index (κ2) is 5.39. The summed E-state index contributed by atoms with van der Waals surface area (Å²) in [6, 6.07) is 6.43. The third-order valence-electron chi connectivity index (χ3n) is 2.53. The quantitative estimate of drug-likeness (QED) is 0.511. The Balaban J connectivity index is 2.38. The molecular formula is C12H10ClF2N3. The molecule has 0 bridgehead atoms. The fourth-order valence-corrected chi connectivity index (χ4v) is 1.75. The molecule has 6 heteroatoms. The molecule has 1 aromatic carbocycles. The van der Waals surface area contributed by atoms with Crippen molar-refractivity contribution in [3.63, 3.8) is 0 Å². The number of pyridine rings is 1. The molecule has 0 aliphatic rings. The highest BCUT2D eigenvalue weighted by molar-refractivity contribution is 6.29. The van der Waals surface area contributed by atoms with Gasteiger partial charge in [0.25, 0.3) is 0 Å². The van der Waals surface area contributed by atoms with E-state index in [-0.39, 0.29) is 0 Å². The van der Waals surface area contributed by atoms with Gasteiger partial charge in [-0.05, 0) is 29.3 Å². The molecule has 0 saturated heterocycles. The van der Waals surface area contributed by atoms with Crippen molar-refractivity contribution in [2.24, 2.45) is 5.84 Å². The molecular weight excluding hydrogens is 260 g/mol. The minimum absolute atomic E-state index is 0.347. The van der Waals surface area contributed by atoms with Crippen molar-refractivity contribution in [1.29, 1.82) is 0 Å². The maximum Gasteiger partial charge on any atom is 0.159 e. The van der Waals surface area contributed by atoms with Crippen molar-refractivity contribution in [3.05, 3.63) is 64.4 Å². The van der Waals surface area contributed by atoms with Crippen molar-refractivity contribution >= 4 is 11.6 Å². The van der Waals surface area contributed by atoms with Crippen LogP contribution in [-0.2, 0) is 0 Å². The second-order valence-electron chi connectivity index (χ2n) is 3.69. The van der Waals surface area contributed by atoms with Crippen LogP contribution in [-0.4, -0.2) is 4.98 Å². The number of hydrogen-bond donors (Lipinski definition) is 2. The second-order valence-corrected chi connectivity index (χ2v) is 4.07. The normalized spacial score (nSPS) is 12.4. The lowest BCUT2D eigenvalue weighted by Gasteiger charge is -2.16. The van der Waals surface area contributed by atoms with Gasteiger partial charge in [-0.1, -0.05) is 23.7 Å². The minimum Gasteiger partial charge on any atom is -0.271 e.